The Bertz CT molecular complexity index is 807. The molecular weight excluding hydrogens is 363 g/mol. The standard InChI is InChI=1S/C18H16Cl2N2O3/c1-3-8-25-16-7-4-12(9-17(16)24-2)11-21-22-18(23)14-6-5-13(19)10-15(14)20/h3-7,9-11H,1,8H2,2H3,(H,22,23)/b21-11-. The number of carbonyl (C=O) groups excluding carboxylic acids is 1. The number of nitrogens with one attached hydrogen (secondary N) is 1. The lowest BCUT2D eigenvalue weighted by molar-refractivity contribution is 0.0955. The van der Waals surface area contributed by atoms with Crippen molar-refractivity contribution in [2.75, 3.05) is 13.7 Å². The van der Waals surface area contributed by atoms with Gasteiger partial charge in [0.15, 0.2) is 11.5 Å². The quantitative estimate of drug-likeness (QED) is 0.443. The highest BCUT2D eigenvalue weighted by Gasteiger charge is 2.09. The fourth-order valence-electron chi connectivity index (χ4n) is 1.93. The molecule has 0 aliphatic carbocycles. The van der Waals surface area contributed by atoms with E-state index in [1.807, 2.05) is 0 Å². The van der Waals surface area contributed by atoms with Crippen molar-refractivity contribution in [1.29, 1.82) is 0 Å². The Labute approximate surface area is 155 Å². The van der Waals surface area contributed by atoms with E-state index >= 15 is 0 Å². The average molecular weight is 379 g/mol. The molecule has 0 radical (unpaired) electrons. The maximum absolute atomic E-state index is 12.1. The van der Waals surface area contributed by atoms with E-state index in [-0.39, 0.29) is 10.6 Å². The molecule has 5 nitrogen and oxygen atoms in total. The predicted octanol–water partition coefficient (Wildman–Crippen LogP) is 4.33. The first kappa shape index (κ1) is 18.8. The van der Waals surface area contributed by atoms with Crippen LogP contribution in [0.15, 0.2) is 54.2 Å². The van der Waals surface area contributed by atoms with Crippen molar-refractivity contribution in [2.45, 2.75) is 0 Å². The number of ether oxygens (including phenoxy) is 2. The molecule has 0 unspecified atom stereocenters. The van der Waals surface area contributed by atoms with Gasteiger partial charge in [0.1, 0.15) is 6.61 Å². The third-order valence-corrected chi connectivity index (χ3v) is 3.65. The zero-order valence-corrected chi connectivity index (χ0v) is 15.0. The highest BCUT2D eigenvalue weighted by atomic mass is 35.5. The molecule has 1 amide bonds. The molecular formula is C18H16Cl2N2O3. The summed E-state index contributed by atoms with van der Waals surface area (Å²) in [6.07, 6.45) is 3.13. The molecule has 130 valence electrons. The van der Waals surface area contributed by atoms with Crippen molar-refractivity contribution < 1.29 is 14.3 Å². The zero-order chi connectivity index (χ0) is 18.2. The summed E-state index contributed by atoms with van der Waals surface area (Å²) in [5, 5.41) is 4.63. The zero-order valence-electron chi connectivity index (χ0n) is 13.5. The molecule has 0 aliphatic heterocycles. The van der Waals surface area contributed by atoms with E-state index in [4.69, 9.17) is 32.7 Å². The first-order valence-electron chi connectivity index (χ1n) is 7.25. The van der Waals surface area contributed by atoms with Crippen LogP contribution in [0.3, 0.4) is 0 Å². The molecule has 2 aromatic rings. The Morgan fingerprint density at radius 3 is 2.72 bits per heavy atom. The molecule has 7 heteroatoms. The lowest BCUT2D eigenvalue weighted by atomic mass is 10.2. The largest absolute Gasteiger partial charge is 0.493 e. The SMILES string of the molecule is C=CCOc1ccc(/C=N\NC(=O)c2ccc(Cl)cc2Cl)cc1OC. The highest BCUT2D eigenvalue weighted by molar-refractivity contribution is 6.36. The fraction of sp³-hybridized carbons (Fsp3) is 0.111. The number of methoxy groups -OCH3 is 1. The number of hydrogen-bond acceptors (Lipinski definition) is 4. The summed E-state index contributed by atoms with van der Waals surface area (Å²) in [4.78, 5) is 12.1. The van der Waals surface area contributed by atoms with E-state index in [0.29, 0.717) is 23.1 Å². The van der Waals surface area contributed by atoms with Crippen LogP contribution in [0.5, 0.6) is 11.5 Å². The van der Waals surface area contributed by atoms with Crippen molar-refractivity contribution in [3.63, 3.8) is 0 Å². The topological polar surface area (TPSA) is 59.9 Å². The number of amides is 1. The first-order chi connectivity index (χ1) is 12.0. The van der Waals surface area contributed by atoms with E-state index in [2.05, 4.69) is 17.1 Å². The van der Waals surface area contributed by atoms with Gasteiger partial charge in [-0.3, -0.25) is 4.79 Å². The lowest BCUT2D eigenvalue weighted by Crippen LogP contribution is -2.18. The molecule has 2 rings (SSSR count). The summed E-state index contributed by atoms with van der Waals surface area (Å²) < 4.78 is 10.7. The third kappa shape index (κ3) is 5.24. The molecule has 0 heterocycles. The van der Waals surface area contributed by atoms with Gasteiger partial charge >= 0.3 is 0 Å². The van der Waals surface area contributed by atoms with E-state index < -0.39 is 5.91 Å². The minimum atomic E-state index is -0.434. The number of nitrogens with zero attached hydrogens (tertiary/aromatic N) is 1. The van der Waals surface area contributed by atoms with Gasteiger partial charge in [-0.1, -0.05) is 35.9 Å². The molecule has 2 aromatic carbocycles. The second kappa shape index (κ2) is 9.11. The highest BCUT2D eigenvalue weighted by Crippen LogP contribution is 2.27. The molecule has 0 atom stereocenters. The fourth-order valence-corrected chi connectivity index (χ4v) is 2.43. The Morgan fingerprint density at radius 2 is 2.04 bits per heavy atom. The summed E-state index contributed by atoms with van der Waals surface area (Å²) in [6, 6.07) is 9.88. The van der Waals surface area contributed by atoms with Crippen LogP contribution >= 0.6 is 23.2 Å². The van der Waals surface area contributed by atoms with Gasteiger partial charge in [0.25, 0.3) is 5.91 Å². The minimum absolute atomic E-state index is 0.255. The van der Waals surface area contributed by atoms with Crippen molar-refractivity contribution in [3.8, 4) is 11.5 Å². The van der Waals surface area contributed by atoms with Crippen LogP contribution in [-0.4, -0.2) is 25.8 Å². The van der Waals surface area contributed by atoms with E-state index in [1.165, 1.54) is 18.3 Å². The van der Waals surface area contributed by atoms with Gasteiger partial charge in [0, 0.05) is 5.02 Å². The molecule has 0 saturated heterocycles. The van der Waals surface area contributed by atoms with Gasteiger partial charge in [-0.25, -0.2) is 5.43 Å². The predicted molar refractivity (Wildman–Crippen MR) is 100 cm³/mol. The van der Waals surface area contributed by atoms with E-state index in [9.17, 15) is 4.79 Å². The molecule has 25 heavy (non-hydrogen) atoms. The molecule has 0 aromatic heterocycles. The molecule has 0 saturated carbocycles. The van der Waals surface area contributed by atoms with E-state index in [1.54, 1.807) is 37.5 Å². The van der Waals surface area contributed by atoms with Crippen molar-refractivity contribution in [2.24, 2.45) is 5.10 Å². The van der Waals surface area contributed by atoms with Crippen LogP contribution in [0.25, 0.3) is 0 Å². The Kier molecular flexibility index (Phi) is 6.86. The summed E-state index contributed by atoms with van der Waals surface area (Å²) in [7, 11) is 1.54. The van der Waals surface area contributed by atoms with Crippen molar-refractivity contribution >= 4 is 35.3 Å². The Balaban J connectivity index is 2.06. The number of hydrogen-bond donors (Lipinski definition) is 1. The number of carbonyl (C=O) groups is 1. The minimum Gasteiger partial charge on any atom is -0.493 e. The van der Waals surface area contributed by atoms with E-state index in [0.717, 1.165) is 5.56 Å². The van der Waals surface area contributed by atoms with Crippen LogP contribution in [-0.2, 0) is 0 Å². The monoisotopic (exact) mass is 378 g/mol. The van der Waals surface area contributed by atoms with Crippen LogP contribution < -0.4 is 14.9 Å². The summed E-state index contributed by atoms with van der Waals surface area (Å²) in [5.74, 6) is 0.713. The van der Waals surface area contributed by atoms with Crippen LogP contribution in [0.1, 0.15) is 15.9 Å². The summed E-state index contributed by atoms with van der Waals surface area (Å²) in [6.45, 7) is 3.97. The Hall–Kier alpha value is -2.50. The molecule has 0 aliphatic rings. The lowest BCUT2D eigenvalue weighted by Gasteiger charge is -2.09. The van der Waals surface area contributed by atoms with Gasteiger partial charge in [-0.2, -0.15) is 5.10 Å². The number of rotatable bonds is 7. The molecule has 0 bridgehead atoms. The molecule has 1 N–H and O–H groups in total. The van der Waals surface area contributed by atoms with Crippen molar-refractivity contribution in [1.82, 2.24) is 5.43 Å². The van der Waals surface area contributed by atoms with Gasteiger partial charge in [-0.15, -0.1) is 0 Å². The normalized spacial score (nSPS) is 10.5. The second-order valence-corrected chi connectivity index (χ2v) is 5.68. The maximum atomic E-state index is 12.1. The third-order valence-electron chi connectivity index (χ3n) is 3.10. The molecule has 0 fully saturated rings. The Morgan fingerprint density at radius 1 is 1.24 bits per heavy atom. The van der Waals surface area contributed by atoms with Crippen LogP contribution in [0.4, 0.5) is 0 Å². The first-order valence-corrected chi connectivity index (χ1v) is 8.01. The van der Waals surface area contributed by atoms with Crippen LogP contribution in [0.2, 0.25) is 10.0 Å². The average Bonchev–Trinajstić information content (AvgIpc) is 2.60. The van der Waals surface area contributed by atoms with Crippen LogP contribution in [0, 0.1) is 0 Å². The van der Waals surface area contributed by atoms with Gasteiger partial charge in [0.05, 0.1) is 23.9 Å². The molecule has 0 spiro atoms. The maximum Gasteiger partial charge on any atom is 0.272 e. The number of hydrazone groups is 1. The number of halogens is 2. The smallest absolute Gasteiger partial charge is 0.272 e. The summed E-state index contributed by atoms with van der Waals surface area (Å²) in [5.41, 5.74) is 3.42. The van der Waals surface area contributed by atoms with Gasteiger partial charge < -0.3 is 9.47 Å². The van der Waals surface area contributed by atoms with Gasteiger partial charge in [0.2, 0.25) is 0 Å². The summed E-state index contributed by atoms with van der Waals surface area (Å²) >= 11 is 11.8. The number of benzene rings is 2. The second-order valence-electron chi connectivity index (χ2n) is 4.83. The van der Waals surface area contributed by atoms with Gasteiger partial charge in [-0.05, 0) is 42.0 Å². The van der Waals surface area contributed by atoms with Crippen molar-refractivity contribution in [3.05, 3.63) is 70.2 Å².